The molecule has 2 N–H and O–H groups in total. The molecule has 0 heterocycles. The molecule has 0 spiro atoms. The van der Waals surface area contributed by atoms with Gasteiger partial charge in [-0.3, -0.25) is 4.79 Å². The minimum absolute atomic E-state index is 0.123. The van der Waals surface area contributed by atoms with Crippen LogP contribution >= 0.6 is 0 Å². The van der Waals surface area contributed by atoms with E-state index in [-0.39, 0.29) is 23.6 Å². The van der Waals surface area contributed by atoms with Crippen LogP contribution in [0.5, 0.6) is 5.75 Å². The molecule has 20 heavy (non-hydrogen) atoms. The lowest BCUT2D eigenvalue weighted by molar-refractivity contribution is -0.268. The first-order valence-electron chi connectivity index (χ1n) is 5.94. The average Bonchev–Trinajstić information content (AvgIpc) is 2.41. The van der Waals surface area contributed by atoms with Crippen LogP contribution in [0.2, 0.25) is 0 Å². The molecule has 102 valence electrons. The molecule has 0 saturated carbocycles. The van der Waals surface area contributed by atoms with Gasteiger partial charge in [-0.05, 0) is 11.6 Å². The van der Waals surface area contributed by atoms with E-state index in [0.717, 1.165) is 11.6 Å². The van der Waals surface area contributed by atoms with Gasteiger partial charge in [0.15, 0.2) is 0 Å². The van der Waals surface area contributed by atoms with Crippen LogP contribution in [0.25, 0.3) is 0 Å². The minimum Gasteiger partial charge on any atom is -0.872 e. The van der Waals surface area contributed by atoms with E-state index in [2.05, 4.69) is 5.32 Å². The van der Waals surface area contributed by atoms with Crippen molar-refractivity contribution in [3.05, 3.63) is 59.7 Å². The van der Waals surface area contributed by atoms with Crippen molar-refractivity contribution < 1.29 is 19.8 Å². The zero-order valence-electron chi connectivity index (χ0n) is 10.5. The predicted molar refractivity (Wildman–Crippen MR) is 71.6 cm³/mol. The molecule has 5 heteroatoms. The molecule has 0 aromatic heterocycles. The van der Waals surface area contributed by atoms with E-state index in [9.17, 15) is 14.7 Å². The molecule has 1 amide bonds. The van der Waals surface area contributed by atoms with Gasteiger partial charge < -0.3 is 15.5 Å². The molecular weight excluding hydrogens is 258 g/mol. The summed E-state index contributed by atoms with van der Waals surface area (Å²) in [6, 6.07) is 12.6. The van der Waals surface area contributed by atoms with Crippen molar-refractivity contribution in [1.29, 1.82) is 0 Å². The molecule has 5 nitrogen and oxygen atoms in total. The summed E-state index contributed by atoms with van der Waals surface area (Å²) in [5, 5.41) is 22.7. The third-order valence-corrected chi connectivity index (χ3v) is 2.70. The van der Waals surface area contributed by atoms with Crippen molar-refractivity contribution in [3.63, 3.8) is 0 Å². The number of carbonyl (C=O) groups excluding carboxylic acids is 1. The summed E-state index contributed by atoms with van der Waals surface area (Å²) in [4.78, 5) is 22.9. The first-order valence-corrected chi connectivity index (χ1v) is 5.94. The number of nitrogens with one attached hydrogen (secondary N) is 1. The Morgan fingerprint density at radius 2 is 1.80 bits per heavy atom. The number of carboxylic acids is 1. The highest BCUT2D eigenvalue weighted by Crippen LogP contribution is 2.20. The molecule has 0 aliphatic rings. The van der Waals surface area contributed by atoms with Crippen LogP contribution in [0, 0.1) is 0 Å². The largest absolute Gasteiger partial charge is 0.872 e. The van der Waals surface area contributed by atoms with Gasteiger partial charge in [0.05, 0.1) is 17.7 Å². The Hall–Kier alpha value is -2.82. The van der Waals surface area contributed by atoms with Crippen LogP contribution in [0.4, 0.5) is 5.69 Å². The zero-order valence-corrected chi connectivity index (χ0v) is 10.5. The Balaban J connectivity index is 2.14. The molecule has 0 radical (unpaired) electrons. The molecule has 0 aliphatic heterocycles. The molecule has 0 saturated heterocycles. The van der Waals surface area contributed by atoms with Gasteiger partial charge >= 0.3 is 5.97 Å². The highest BCUT2D eigenvalue weighted by atomic mass is 16.4. The maximum atomic E-state index is 11.9. The van der Waals surface area contributed by atoms with Crippen molar-refractivity contribution in [1.82, 2.24) is 0 Å². The fourth-order valence-corrected chi connectivity index (χ4v) is 1.78. The van der Waals surface area contributed by atoms with E-state index in [1.165, 1.54) is 12.1 Å². The van der Waals surface area contributed by atoms with E-state index in [0.29, 0.717) is 0 Å². The molecule has 0 unspecified atom stereocenters. The van der Waals surface area contributed by atoms with Gasteiger partial charge in [0, 0.05) is 0 Å². The fourth-order valence-electron chi connectivity index (χ4n) is 1.78. The van der Waals surface area contributed by atoms with Crippen molar-refractivity contribution in [2.75, 3.05) is 5.32 Å². The third-order valence-electron chi connectivity index (χ3n) is 2.70. The normalized spacial score (nSPS) is 10.0. The first kappa shape index (κ1) is 13.6. The molecule has 0 bridgehead atoms. The third kappa shape index (κ3) is 3.35. The van der Waals surface area contributed by atoms with Crippen LogP contribution < -0.4 is 10.4 Å². The molecular formula is C15H12NO4-. The van der Waals surface area contributed by atoms with Gasteiger partial charge in [-0.1, -0.05) is 42.5 Å². The van der Waals surface area contributed by atoms with Gasteiger partial charge in [-0.2, -0.15) is 0 Å². The number of aromatic carboxylic acids is 1. The van der Waals surface area contributed by atoms with E-state index >= 15 is 0 Å². The van der Waals surface area contributed by atoms with Crippen LogP contribution in [0.15, 0.2) is 48.5 Å². The smallest absolute Gasteiger partial charge is 0.337 e. The number of benzene rings is 2. The highest BCUT2D eigenvalue weighted by Gasteiger charge is 2.12. The van der Waals surface area contributed by atoms with Crippen molar-refractivity contribution in [2.24, 2.45) is 0 Å². The Morgan fingerprint density at radius 3 is 2.45 bits per heavy atom. The van der Waals surface area contributed by atoms with E-state index in [4.69, 9.17) is 5.11 Å². The SMILES string of the molecule is O=C(Cc1ccccc1)Nc1ccc([O-])cc1C(=O)O. The van der Waals surface area contributed by atoms with E-state index in [1.54, 1.807) is 12.1 Å². The Morgan fingerprint density at radius 1 is 1.10 bits per heavy atom. The molecule has 0 aliphatic carbocycles. The number of amides is 1. The minimum atomic E-state index is -1.25. The van der Waals surface area contributed by atoms with E-state index in [1.807, 2.05) is 18.2 Å². The second-order valence-electron chi connectivity index (χ2n) is 4.22. The van der Waals surface area contributed by atoms with Gasteiger partial charge in [0.2, 0.25) is 5.91 Å². The lowest BCUT2D eigenvalue weighted by Crippen LogP contribution is -2.17. The summed E-state index contributed by atoms with van der Waals surface area (Å²) in [5.74, 6) is -2.00. The Kier molecular flexibility index (Phi) is 4.00. The van der Waals surface area contributed by atoms with Crippen molar-refractivity contribution in [3.8, 4) is 5.75 Å². The van der Waals surface area contributed by atoms with Crippen LogP contribution in [-0.2, 0) is 11.2 Å². The van der Waals surface area contributed by atoms with Crippen molar-refractivity contribution in [2.45, 2.75) is 6.42 Å². The second kappa shape index (κ2) is 5.88. The molecule has 2 rings (SSSR count). The summed E-state index contributed by atoms with van der Waals surface area (Å²) in [6.45, 7) is 0. The number of carbonyl (C=O) groups is 2. The van der Waals surface area contributed by atoms with Gasteiger partial charge in [0.1, 0.15) is 0 Å². The lowest BCUT2D eigenvalue weighted by atomic mass is 10.1. The number of hydrogen-bond acceptors (Lipinski definition) is 3. The molecule has 2 aromatic carbocycles. The van der Waals surface area contributed by atoms with Crippen LogP contribution in [0.1, 0.15) is 15.9 Å². The number of rotatable bonds is 4. The molecule has 0 fully saturated rings. The van der Waals surface area contributed by atoms with Gasteiger partial charge in [0.25, 0.3) is 0 Å². The Labute approximate surface area is 115 Å². The monoisotopic (exact) mass is 270 g/mol. The number of hydrogen-bond donors (Lipinski definition) is 2. The maximum Gasteiger partial charge on any atom is 0.337 e. The van der Waals surface area contributed by atoms with Gasteiger partial charge in [-0.25, -0.2) is 4.79 Å². The fraction of sp³-hybridized carbons (Fsp3) is 0.0667. The van der Waals surface area contributed by atoms with Crippen molar-refractivity contribution >= 4 is 17.6 Å². The zero-order chi connectivity index (χ0) is 14.5. The average molecular weight is 270 g/mol. The van der Waals surface area contributed by atoms with Crippen LogP contribution in [-0.4, -0.2) is 17.0 Å². The standard InChI is InChI=1S/C15H13NO4/c17-11-6-7-13(12(9-11)15(19)20)16-14(18)8-10-4-2-1-3-5-10/h1-7,9,17H,8H2,(H,16,18)(H,19,20)/p-1. The summed E-state index contributed by atoms with van der Waals surface area (Å²) in [5.41, 5.74) is 0.735. The molecule has 2 aromatic rings. The summed E-state index contributed by atoms with van der Waals surface area (Å²) in [6.07, 6.45) is 0.138. The topological polar surface area (TPSA) is 89.5 Å². The molecule has 0 atom stereocenters. The summed E-state index contributed by atoms with van der Waals surface area (Å²) < 4.78 is 0. The lowest BCUT2D eigenvalue weighted by Gasteiger charge is -2.12. The van der Waals surface area contributed by atoms with Crippen LogP contribution in [0.3, 0.4) is 0 Å². The first-order chi connectivity index (χ1) is 9.56. The second-order valence-corrected chi connectivity index (χ2v) is 4.22. The van der Waals surface area contributed by atoms with Gasteiger partial charge in [-0.15, -0.1) is 5.75 Å². The highest BCUT2D eigenvalue weighted by molar-refractivity contribution is 6.01. The number of carboxylic acid groups (broad SMARTS) is 1. The summed E-state index contributed by atoms with van der Waals surface area (Å²) in [7, 11) is 0. The summed E-state index contributed by atoms with van der Waals surface area (Å²) >= 11 is 0. The number of anilines is 1. The predicted octanol–water partition coefficient (Wildman–Crippen LogP) is 1.64. The Bertz CT molecular complexity index is 638. The van der Waals surface area contributed by atoms with E-state index < -0.39 is 11.7 Å². The quantitative estimate of drug-likeness (QED) is 0.883. The maximum absolute atomic E-state index is 11.9.